The van der Waals surface area contributed by atoms with Gasteiger partial charge in [-0.25, -0.2) is 0 Å². The molecule has 90 valence electrons. The monoisotopic (exact) mass is 225 g/mol. The zero-order valence-electron chi connectivity index (χ0n) is 9.39. The molecule has 1 saturated heterocycles. The highest BCUT2D eigenvalue weighted by molar-refractivity contribution is 5.74. The first-order valence-corrected chi connectivity index (χ1v) is 6.34. The third-order valence-electron chi connectivity index (χ3n) is 4.36. The van der Waals surface area contributed by atoms with Crippen molar-refractivity contribution in [2.75, 3.05) is 13.1 Å². The van der Waals surface area contributed by atoms with Gasteiger partial charge in [-0.05, 0) is 50.6 Å². The molecule has 0 bridgehead atoms. The summed E-state index contributed by atoms with van der Waals surface area (Å²) >= 11 is 0. The third kappa shape index (κ3) is 1.84. The molecule has 0 aromatic carbocycles. The highest BCUT2D eigenvalue weighted by Crippen LogP contribution is 2.58. The Kier molecular flexibility index (Phi) is 2.64. The van der Waals surface area contributed by atoms with Gasteiger partial charge in [-0.15, -0.1) is 0 Å². The zero-order valence-corrected chi connectivity index (χ0v) is 9.39. The number of hydrogen-bond donors (Lipinski definition) is 2. The van der Waals surface area contributed by atoms with Gasteiger partial charge in [-0.3, -0.25) is 4.79 Å². The van der Waals surface area contributed by atoms with E-state index < -0.39 is 5.97 Å². The van der Waals surface area contributed by atoms with Crippen LogP contribution >= 0.6 is 0 Å². The van der Waals surface area contributed by atoms with Crippen LogP contribution < -0.4 is 5.32 Å². The van der Waals surface area contributed by atoms with Crippen LogP contribution in [-0.2, 0) is 9.53 Å². The molecule has 4 atom stereocenters. The molecular formula is C12H19NO3. The van der Waals surface area contributed by atoms with E-state index in [0.717, 1.165) is 38.8 Å². The maximum absolute atomic E-state index is 10.8. The lowest BCUT2D eigenvalue weighted by Crippen LogP contribution is -2.34. The Bertz CT molecular complexity index is 276. The molecule has 0 unspecified atom stereocenters. The first-order valence-electron chi connectivity index (χ1n) is 6.34. The fourth-order valence-electron chi connectivity index (χ4n) is 3.47. The molecule has 0 radical (unpaired) electrons. The number of hydrogen-bond acceptors (Lipinski definition) is 3. The van der Waals surface area contributed by atoms with Crippen molar-refractivity contribution in [1.82, 2.24) is 5.32 Å². The maximum atomic E-state index is 10.8. The molecule has 2 saturated carbocycles. The number of ether oxygens (including phenoxy) is 1. The minimum atomic E-state index is -0.602. The molecule has 4 heteroatoms. The summed E-state index contributed by atoms with van der Waals surface area (Å²) in [6, 6.07) is 0. The molecule has 4 nitrogen and oxygen atoms in total. The maximum Gasteiger partial charge on any atom is 0.307 e. The van der Waals surface area contributed by atoms with Crippen LogP contribution in [0.1, 0.15) is 25.7 Å². The predicted octanol–water partition coefficient (Wildman–Crippen LogP) is 0.864. The van der Waals surface area contributed by atoms with Crippen molar-refractivity contribution < 1.29 is 14.6 Å². The summed E-state index contributed by atoms with van der Waals surface area (Å²) < 4.78 is 6.05. The van der Waals surface area contributed by atoms with E-state index in [1.165, 1.54) is 0 Å². The van der Waals surface area contributed by atoms with Crippen LogP contribution in [0.25, 0.3) is 0 Å². The third-order valence-corrected chi connectivity index (χ3v) is 4.36. The van der Waals surface area contributed by atoms with Gasteiger partial charge < -0.3 is 15.2 Å². The van der Waals surface area contributed by atoms with Crippen molar-refractivity contribution in [2.24, 2.45) is 17.8 Å². The zero-order chi connectivity index (χ0) is 11.1. The van der Waals surface area contributed by atoms with E-state index in [2.05, 4.69) is 5.32 Å². The summed E-state index contributed by atoms with van der Waals surface area (Å²) in [5.41, 5.74) is 0. The Morgan fingerprint density at radius 3 is 2.31 bits per heavy atom. The van der Waals surface area contributed by atoms with Crippen LogP contribution in [0.2, 0.25) is 0 Å². The van der Waals surface area contributed by atoms with Gasteiger partial charge in [0.15, 0.2) is 0 Å². The minimum Gasteiger partial charge on any atom is -0.481 e. The Balaban J connectivity index is 1.45. The summed E-state index contributed by atoms with van der Waals surface area (Å²) in [6.45, 7) is 2.12. The van der Waals surface area contributed by atoms with Crippen molar-refractivity contribution in [3.05, 3.63) is 0 Å². The van der Waals surface area contributed by atoms with Gasteiger partial charge in [0.2, 0.25) is 0 Å². The summed E-state index contributed by atoms with van der Waals surface area (Å²) in [5.74, 6) is 0.191. The second kappa shape index (κ2) is 4.00. The van der Waals surface area contributed by atoms with E-state index in [0.29, 0.717) is 24.0 Å². The fraction of sp³-hybridized carbons (Fsp3) is 0.917. The van der Waals surface area contributed by atoms with Crippen molar-refractivity contribution in [2.45, 2.75) is 37.9 Å². The van der Waals surface area contributed by atoms with Crippen molar-refractivity contribution in [3.8, 4) is 0 Å². The first kappa shape index (κ1) is 10.5. The van der Waals surface area contributed by atoms with Crippen LogP contribution in [0.3, 0.4) is 0 Å². The standard InChI is InChI=1S/C12H19NO3/c14-12(15)11-9-5-8(6-10(9)11)16-7-1-3-13-4-2-7/h7-11,13H,1-6H2,(H,14,15)/t8-,9+,10-,11-. The largest absolute Gasteiger partial charge is 0.481 e. The van der Waals surface area contributed by atoms with Crippen LogP contribution in [0.4, 0.5) is 0 Å². The SMILES string of the molecule is O=C(O)[C@H]1[C@@H]2C[C@H](OC3CCNCC3)C[C@@H]21. The molecule has 1 heterocycles. The molecular weight excluding hydrogens is 206 g/mol. The molecule has 3 fully saturated rings. The number of carbonyl (C=O) groups is 1. The highest BCUT2D eigenvalue weighted by Gasteiger charge is 2.60. The molecule has 3 aliphatic rings. The lowest BCUT2D eigenvalue weighted by Gasteiger charge is -2.27. The number of rotatable bonds is 3. The second-order valence-corrected chi connectivity index (χ2v) is 5.37. The van der Waals surface area contributed by atoms with Crippen LogP contribution in [0.15, 0.2) is 0 Å². The average Bonchev–Trinajstić information content (AvgIpc) is 2.79. The molecule has 16 heavy (non-hydrogen) atoms. The molecule has 0 spiro atoms. The number of aliphatic carboxylic acids is 1. The van der Waals surface area contributed by atoms with E-state index in [1.54, 1.807) is 0 Å². The molecule has 3 rings (SSSR count). The number of piperidine rings is 1. The van der Waals surface area contributed by atoms with E-state index in [-0.39, 0.29) is 5.92 Å². The summed E-state index contributed by atoms with van der Waals surface area (Å²) in [5, 5.41) is 12.2. The van der Waals surface area contributed by atoms with E-state index >= 15 is 0 Å². The van der Waals surface area contributed by atoms with Gasteiger partial charge in [-0.2, -0.15) is 0 Å². The predicted molar refractivity (Wildman–Crippen MR) is 58.1 cm³/mol. The molecule has 2 N–H and O–H groups in total. The van der Waals surface area contributed by atoms with Crippen LogP contribution in [-0.4, -0.2) is 36.4 Å². The van der Waals surface area contributed by atoms with E-state index in [9.17, 15) is 4.79 Å². The number of nitrogens with one attached hydrogen (secondary N) is 1. The molecule has 0 aromatic heterocycles. The normalized spacial score (nSPS) is 43.0. The smallest absolute Gasteiger partial charge is 0.307 e. The lowest BCUT2D eigenvalue weighted by atomic mass is 10.1. The van der Waals surface area contributed by atoms with E-state index in [4.69, 9.17) is 9.84 Å². The average molecular weight is 225 g/mol. The van der Waals surface area contributed by atoms with Gasteiger partial charge in [0.05, 0.1) is 18.1 Å². The van der Waals surface area contributed by atoms with Crippen LogP contribution in [0.5, 0.6) is 0 Å². The molecule has 0 aromatic rings. The fourth-order valence-corrected chi connectivity index (χ4v) is 3.47. The molecule has 2 aliphatic carbocycles. The Morgan fingerprint density at radius 1 is 1.12 bits per heavy atom. The Labute approximate surface area is 95.4 Å². The van der Waals surface area contributed by atoms with Gasteiger partial charge in [0.1, 0.15) is 0 Å². The van der Waals surface area contributed by atoms with Gasteiger partial charge in [0, 0.05) is 0 Å². The topological polar surface area (TPSA) is 58.6 Å². The molecule has 1 aliphatic heterocycles. The summed E-state index contributed by atoms with van der Waals surface area (Å²) in [6.07, 6.45) is 4.92. The second-order valence-electron chi connectivity index (χ2n) is 5.37. The number of carboxylic acid groups (broad SMARTS) is 1. The quantitative estimate of drug-likeness (QED) is 0.748. The summed E-state index contributed by atoms with van der Waals surface area (Å²) in [4.78, 5) is 10.8. The van der Waals surface area contributed by atoms with Crippen molar-refractivity contribution in [1.29, 1.82) is 0 Å². The summed E-state index contributed by atoms with van der Waals surface area (Å²) in [7, 11) is 0. The Hall–Kier alpha value is -0.610. The lowest BCUT2D eigenvalue weighted by molar-refractivity contribution is -0.139. The van der Waals surface area contributed by atoms with Gasteiger partial charge in [0.25, 0.3) is 0 Å². The van der Waals surface area contributed by atoms with E-state index in [1.807, 2.05) is 0 Å². The first-order chi connectivity index (χ1) is 7.75. The van der Waals surface area contributed by atoms with Crippen molar-refractivity contribution in [3.63, 3.8) is 0 Å². The molecule has 0 amide bonds. The number of carboxylic acids is 1. The van der Waals surface area contributed by atoms with Crippen LogP contribution in [0, 0.1) is 17.8 Å². The van der Waals surface area contributed by atoms with Gasteiger partial charge in [-0.1, -0.05) is 0 Å². The Morgan fingerprint density at radius 2 is 1.75 bits per heavy atom. The number of fused-ring (bicyclic) bond motifs is 1. The van der Waals surface area contributed by atoms with Gasteiger partial charge >= 0.3 is 5.97 Å². The minimum absolute atomic E-state index is 0.0483. The highest BCUT2D eigenvalue weighted by atomic mass is 16.5. The van der Waals surface area contributed by atoms with Crippen molar-refractivity contribution >= 4 is 5.97 Å².